The molecule has 150 valence electrons. The van der Waals surface area contributed by atoms with Gasteiger partial charge >= 0.3 is 0 Å². The normalized spacial score (nSPS) is 16.3. The standard InChI is InChI=1S/C24H26N2O3/c1-28-20-9-6-19(7-10-20)23(26-12-14-29-15-13-26)17-25-16-22-21-5-3-2-4-18(21)8-11-24(22)27/h2-11,16,23,27H,12-15,17H2,1H3/p+1/t23-/m1/s1. The molecule has 0 aliphatic carbocycles. The van der Waals surface area contributed by atoms with Crippen LogP contribution >= 0.6 is 0 Å². The van der Waals surface area contributed by atoms with Gasteiger partial charge in [0.25, 0.3) is 0 Å². The first-order valence-electron chi connectivity index (χ1n) is 10.0. The number of fused-ring (bicyclic) bond motifs is 1. The van der Waals surface area contributed by atoms with Crippen molar-refractivity contribution in [2.24, 2.45) is 4.99 Å². The van der Waals surface area contributed by atoms with Gasteiger partial charge in [0.1, 0.15) is 30.6 Å². The lowest BCUT2D eigenvalue weighted by Gasteiger charge is -2.31. The highest BCUT2D eigenvalue weighted by Crippen LogP contribution is 2.25. The second-order valence-electron chi connectivity index (χ2n) is 7.31. The smallest absolute Gasteiger partial charge is 0.133 e. The van der Waals surface area contributed by atoms with Gasteiger partial charge in [-0.3, -0.25) is 4.99 Å². The summed E-state index contributed by atoms with van der Waals surface area (Å²) in [4.78, 5) is 6.24. The molecule has 0 amide bonds. The molecule has 0 saturated carbocycles. The van der Waals surface area contributed by atoms with Crippen LogP contribution in [0.25, 0.3) is 10.8 Å². The summed E-state index contributed by atoms with van der Waals surface area (Å²) in [6, 6.07) is 20.2. The number of rotatable bonds is 6. The summed E-state index contributed by atoms with van der Waals surface area (Å²) in [6.07, 6.45) is 1.81. The number of nitrogens with zero attached hydrogens (tertiary/aromatic N) is 1. The van der Waals surface area contributed by atoms with Crippen molar-refractivity contribution >= 4 is 17.0 Å². The Morgan fingerprint density at radius 1 is 1.07 bits per heavy atom. The van der Waals surface area contributed by atoms with Gasteiger partial charge in [-0.25, -0.2) is 0 Å². The van der Waals surface area contributed by atoms with Gasteiger partial charge in [0.05, 0.1) is 26.9 Å². The summed E-state index contributed by atoms with van der Waals surface area (Å²) in [5, 5.41) is 12.5. The van der Waals surface area contributed by atoms with Crippen LogP contribution in [0, 0.1) is 0 Å². The third-order valence-electron chi connectivity index (χ3n) is 5.60. The fourth-order valence-corrected chi connectivity index (χ4v) is 3.96. The first kappa shape index (κ1) is 19.4. The number of benzene rings is 3. The van der Waals surface area contributed by atoms with Gasteiger partial charge in [0.15, 0.2) is 0 Å². The van der Waals surface area contributed by atoms with Gasteiger partial charge in [-0.15, -0.1) is 0 Å². The zero-order chi connectivity index (χ0) is 20.1. The van der Waals surface area contributed by atoms with Crippen molar-refractivity contribution in [1.29, 1.82) is 0 Å². The molecular weight excluding hydrogens is 364 g/mol. The van der Waals surface area contributed by atoms with Crippen LogP contribution < -0.4 is 9.64 Å². The van der Waals surface area contributed by atoms with Crippen molar-refractivity contribution in [3.05, 3.63) is 71.8 Å². The number of morpholine rings is 1. The average molecular weight is 391 g/mol. The van der Waals surface area contributed by atoms with Crippen LogP contribution in [-0.2, 0) is 4.74 Å². The molecule has 0 bridgehead atoms. The number of hydrogen-bond acceptors (Lipinski definition) is 4. The van der Waals surface area contributed by atoms with Gasteiger partial charge in [-0.05, 0) is 41.1 Å². The lowest BCUT2D eigenvalue weighted by Crippen LogP contribution is -3.14. The van der Waals surface area contributed by atoms with Gasteiger partial charge in [0, 0.05) is 17.3 Å². The van der Waals surface area contributed by atoms with E-state index in [0.29, 0.717) is 6.54 Å². The second-order valence-corrected chi connectivity index (χ2v) is 7.31. The van der Waals surface area contributed by atoms with E-state index in [-0.39, 0.29) is 11.8 Å². The zero-order valence-corrected chi connectivity index (χ0v) is 16.7. The van der Waals surface area contributed by atoms with E-state index >= 15 is 0 Å². The molecule has 4 rings (SSSR count). The van der Waals surface area contributed by atoms with E-state index < -0.39 is 0 Å². The Kier molecular flexibility index (Phi) is 6.08. The van der Waals surface area contributed by atoms with Crippen LogP contribution in [0.1, 0.15) is 17.2 Å². The number of methoxy groups -OCH3 is 1. The summed E-state index contributed by atoms with van der Waals surface area (Å²) in [5.74, 6) is 1.11. The Hall–Kier alpha value is -2.89. The summed E-state index contributed by atoms with van der Waals surface area (Å²) in [6.45, 7) is 4.12. The van der Waals surface area contributed by atoms with E-state index in [1.165, 1.54) is 10.5 Å². The van der Waals surface area contributed by atoms with Crippen LogP contribution in [0.3, 0.4) is 0 Å². The summed E-state index contributed by atoms with van der Waals surface area (Å²) in [5.41, 5.74) is 2.01. The lowest BCUT2D eigenvalue weighted by molar-refractivity contribution is -0.937. The Balaban J connectivity index is 1.60. The first-order chi connectivity index (χ1) is 14.3. The van der Waals surface area contributed by atoms with Crippen LogP contribution in [0.2, 0.25) is 0 Å². The second kappa shape index (κ2) is 9.07. The van der Waals surface area contributed by atoms with E-state index in [2.05, 4.69) is 12.1 Å². The third kappa shape index (κ3) is 4.42. The van der Waals surface area contributed by atoms with Crippen molar-refractivity contribution in [1.82, 2.24) is 0 Å². The molecule has 3 aromatic carbocycles. The molecule has 1 aliphatic rings. The topological polar surface area (TPSA) is 55.5 Å². The molecule has 1 heterocycles. The number of quaternary nitrogens is 1. The fourth-order valence-electron chi connectivity index (χ4n) is 3.96. The fraction of sp³-hybridized carbons (Fsp3) is 0.292. The molecular formula is C24H27N2O3+. The number of phenols is 1. The molecule has 2 N–H and O–H groups in total. The Bertz CT molecular complexity index is 979. The number of nitrogens with one attached hydrogen (secondary N) is 1. The molecule has 0 radical (unpaired) electrons. The van der Waals surface area contributed by atoms with Gasteiger partial charge in [-0.1, -0.05) is 30.3 Å². The Labute approximate surface area is 171 Å². The quantitative estimate of drug-likeness (QED) is 0.635. The van der Waals surface area contributed by atoms with Crippen molar-refractivity contribution < 1.29 is 19.5 Å². The number of phenolic OH excluding ortho intramolecular Hbond substituents is 1. The molecule has 1 aliphatic heterocycles. The van der Waals surface area contributed by atoms with Crippen LogP contribution in [-0.4, -0.2) is 51.3 Å². The summed E-state index contributed by atoms with van der Waals surface area (Å²) >= 11 is 0. The predicted octanol–water partition coefficient (Wildman–Crippen LogP) is 2.63. The number of aliphatic imine (C=N–C) groups is 1. The molecule has 5 heteroatoms. The molecule has 0 spiro atoms. The minimum Gasteiger partial charge on any atom is -0.507 e. The third-order valence-corrected chi connectivity index (χ3v) is 5.60. The highest BCUT2D eigenvalue weighted by molar-refractivity contribution is 6.02. The maximum atomic E-state index is 10.4. The highest BCUT2D eigenvalue weighted by Gasteiger charge is 2.26. The van der Waals surface area contributed by atoms with Crippen LogP contribution in [0.15, 0.2) is 65.7 Å². The minimum absolute atomic E-state index is 0.234. The minimum atomic E-state index is 0.234. The molecule has 1 saturated heterocycles. The van der Waals surface area contributed by atoms with Crippen molar-refractivity contribution in [2.45, 2.75) is 6.04 Å². The van der Waals surface area contributed by atoms with Gasteiger partial charge in [-0.2, -0.15) is 0 Å². The van der Waals surface area contributed by atoms with E-state index in [9.17, 15) is 5.11 Å². The predicted molar refractivity (Wildman–Crippen MR) is 115 cm³/mol. The average Bonchev–Trinajstić information content (AvgIpc) is 2.79. The molecule has 1 atom stereocenters. The van der Waals surface area contributed by atoms with Crippen LogP contribution in [0.5, 0.6) is 11.5 Å². The Morgan fingerprint density at radius 2 is 1.83 bits per heavy atom. The maximum Gasteiger partial charge on any atom is 0.133 e. The molecule has 0 aromatic heterocycles. The largest absolute Gasteiger partial charge is 0.507 e. The van der Waals surface area contributed by atoms with E-state index in [4.69, 9.17) is 14.5 Å². The van der Waals surface area contributed by atoms with E-state index in [1.54, 1.807) is 13.2 Å². The molecule has 3 aromatic rings. The summed E-state index contributed by atoms with van der Waals surface area (Å²) in [7, 11) is 1.68. The van der Waals surface area contributed by atoms with Gasteiger partial charge < -0.3 is 19.5 Å². The Morgan fingerprint density at radius 3 is 2.59 bits per heavy atom. The van der Waals surface area contributed by atoms with Crippen molar-refractivity contribution in [3.8, 4) is 11.5 Å². The molecule has 29 heavy (non-hydrogen) atoms. The lowest BCUT2D eigenvalue weighted by atomic mass is 10.0. The number of hydrogen-bond donors (Lipinski definition) is 2. The van der Waals surface area contributed by atoms with Crippen LogP contribution in [0.4, 0.5) is 0 Å². The number of aromatic hydroxyl groups is 1. The van der Waals surface area contributed by atoms with Gasteiger partial charge in [0.2, 0.25) is 0 Å². The number of ether oxygens (including phenoxy) is 2. The van der Waals surface area contributed by atoms with Crippen molar-refractivity contribution in [3.63, 3.8) is 0 Å². The molecule has 0 unspecified atom stereocenters. The maximum absolute atomic E-state index is 10.4. The summed E-state index contributed by atoms with van der Waals surface area (Å²) < 4.78 is 10.9. The van der Waals surface area contributed by atoms with E-state index in [0.717, 1.165) is 48.4 Å². The first-order valence-corrected chi connectivity index (χ1v) is 10.0. The monoisotopic (exact) mass is 391 g/mol. The molecule has 1 fully saturated rings. The zero-order valence-electron chi connectivity index (χ0n) is 16.7. The highest BCUT2D eigenvalue weighted by atomic mass is 16.5. The SMILES string of the molecule is COc1ccc([C@@H](CN=Cc2c(O)ccc3ccccc23)[NH+]2CCOCC2)cc1. The van der Waals surface area contributed by atoms with Crippen molar-refractivity contribution in [2.75, 3.05) is 40.0 Å². The molecule has 5 nitrogen and oxygen atoms in total. The van der Waals surface area contributed by atoms with E-state index in [1.807, 2.05) is 48.7 Å².